The van der Waals surface area contributed by atoms with Crippen molar-refractivity contribution in [1.29, 1.82) is 0 Å². The molecule has 5 heteroatoms. The molecular formula is C25H25ClN4. The van der Waals surface area contributed by atoms with Crippen LogP contribution in [0.4, 0.5) is 5.69 Å². The number of aromatic nitrogens is 3. The summed E-state index contributed by atoms with van der Waals surface area (Å²) in [7, 11) is 0. The van der Waals surface area contributed by atoms with Gasteiger partial charge in [0, 0.05) is 38.9 Å². The zero-order chi connectivity index (χ0) is 21.2. The highest BCUT2D eigenvalue weighted by Gasteiger charge is 2.30. The highest BCUT2D eigenvalue weighted by molar-refractivity contribution is 6.30. The first-order chi connectivity index (χ1) is 14.3. The summed E-state index contributed by atoms with van der Waals surface area (Å²) in [5.74, 6) is 0. The van der Waals surface area contributed by atoms with E-state index in [1.165, 1.54) is 39.3 Å². The smallest absolute Gasteiger partial charge is 0.149 e. The second-order valence-electron chi connectivity index (χ2n) is 8.31. The van der Waals surface area contributed by atoms with E-state index in [1.54, 1.807) is 0 Å². The molecule has 5 rings (SSSR count). The first-order valence-corrected chi connectivity index (χ1v) is 10.6. The Bertz CT molecular complexity index is 1280. The summed E-state index contributed by atoms with van der Waals surface area (Å²) >= 11 is 6.11. The normalized spacial score (nSPS) is 14.9. The maximum atomic E-state index is 6.11. The van der Waals surface area contributed by atoms with E-state index in [-0.39, 0.29) is 6.17 Å². The molecule has 1 unspecified atom stereocenters. The highest BCUT2D eigenvalue weighted by atomic mass is 35.5. The van der Waals surface area contributed by atoms with E-state index in [0.717, 1.165) is 22.1 Å². The molecule has 30 heavy (non-hydrogen) atoms. The number of hydrogen-bond acceptors (Lipinski definition) is 2. The Hall–Kier alpha value is -2.98. The lowest BCUT2D eigenvalue weighted by Crippen LogP contribution is -2.26. The molecule has 4 aromatic rings. The summed E-state index contributed by atoms with van der Waals surface area (Å²) in [5, 5.41) is 9.39. The predicted octanol–water partition coefficient (Wildman–Crippen LogP) is 6.51. The second-order valence-corrected chi connectivity index (χ2v) is 8.74. The van der Waals surface area contributed by atoms with Crippen LogP contribution in [0.15, 0.2) is 48.5 Å². The van der Waals surface area contributed by atoms with Crippen molar-refractivity contribution in [2.75, 3.05) is 5.32 Å². The van der Waals surface area contributed by atoms with Crippen LogP contribution in [0.2, 0.25) is 5.02 Å². The summed E-state index contributed by atoms with van der Waals surface area (Å²) in [6.45, 7) is 10.7. The van der Waals surface area contributed by atoms with Crippen LogP contribution in [0.1, 0.15) is 39.9 Å². The standard InChI is InChI=1S/C25H25ClN4/c1-14-10-15(2)24-22(11-14)23-12-16(3)28-30(23)25(27-24)21-13-17(4)29(18(21)5)20-8-6-19(26)7-9-20/h6-13,25,27H,1-5H3. The summed E-state index contributed by atoms with van der Waals surface area (Å²) in [6, 6.07) is 16.9. The average Bonchev–Trinajstić information content (AvgIpc) is 3.22. The van der Waals surface area contributed by atoms with Crippen LogP contribution in [0.25, 0.3) is 16.9 Å². The molecule has 4 nitrogen and oxygen atoms in total. The number of rotatable bonds is 2. The van der Waals surface area contributed by atoms with Crippen molar-refractivity contribution < 1.29 is 0 Å². The molecule has 0 bridgehead atoms. The molecule has 0 saturated heterocycles. The van der Waals surface area contributed by atoms with E-state index in [4.69, 9.17) is 16.7 Å². The molecule has 2 aromatic carbocycles. The largest absolute Gasteiger partial charge is 0.359 e. The van der Waals surface area contributed by atoms with Gasteiger partial charge in [-0.2, -0.15) is 5.10 Å². The Morgan fingerprint density at radius 1 is 0.933 bits per heavy atom. The van der Waals surface area contributed by atoms with E-state index in [0.29, 0.717) is 0 Å². The van der Waals surface area contributed by atoms with E-state index >= 15 is 0 Å². The van der Waals surface area contributed by atoms with Crippen LogP contribution in [0.5, 0.6) is 0 Å². The van der Waals surface area contributed by atoms with Crippen molar-refractivity contribution in [1.82, 2.24) is 14.3 Å². The third-order valence-electron chi connectivity index (χ3n) is 5.99. The van der Waals surface area contributed by atoms with Crippen LogP contribution < -0.4 is 5.32 Å². The number of aryl methyl sites for hydroxylation is 4. The van der Waals surface area contributed by atoms with Crippen molar-refractivity contribution in [3.63, 3.8) is 0 Å². The van der Waals surface area contributed by atoms with Gasteiger partial charge in [0.1, 0.15) is 6.17 Å². The lowest BCUT2D eigenvalue weighted by atomic mass is 9.98. The number of hydrogen-bond donors (Lipinski definition) is 1. The Balaban J connectivity index is 1.68. The topological polar surface area (TPSA) is 34.8 Å². The highest BCUT2D eigenvalue weighted by Crippen LogP contribution is 2.42. The minimum absolute atomic E-state index is 0.0603. The molecule has 0 amide bonds. The summed E-state index contributed by atoms with van der Waals surface area (Å²) in [6.07, 6.45) is -0.0603. The molecule has 1 aliphatic heterocycles. The Morgan fingerprint density at radius 3 is 2.40 bits per heavy atom. The fraction of sp³-hybridized carbons (Fsp3) is 0.240. The molecule has 0 aliphatic carbocycles. The third kappa shape index (κ3) is 2.86. The summed E-state index contributed by atoms with van der Waals surface area (Å²) < 4.78 is 4.41. The van der Waals surface area contributed by atoms with Crippen molar-refractivity contribution >= 4 is 17.3 Å². The molecular weight excluding hydrogens is 392 g/mol. The SMILES string of the molecule is Cc1cc(C)c2c(c1)-c1cc(C)nn1C(c1cc(C)n(-c3ccc(Cl)cc3)c1C)N2. The first-order valence-electron chi connectivity index (χ1n) is 10.2. The van der Waals surface area contributed by atoms with Crippen LogP contribution >= 0.6 is 11.6 Å². The molecule has 0 spiro atoms. The number of anilines is 1. The Morgan fingerprint density at radius 2 is 1.67 bits per heavy atom. The monoisotopic (exact) mass is 416 g/mol. The van der Waals surface area contributed by atoms with Gasteiger partial charge < -0.3 is 9.88 Å². The minimum atomic E-state index is -0.0603. The maximum Gasteiger partial charge on any atom is 0.149 e. The van der Waals surface area contributed by atoms with Crippen LogP contribution in [-0.4, -0.2) is 14.3 Å². The molecule has 0 fully saturated rings. The van der Waals surface area contributed by atoms with E-state index < -0.39 is 0 Å². The third-order valence-corrected chi connectivity index (χ3v) is 6.24. The fourth-order valence-electron chi connectivity index (χ4n) is 4.74. The van der Waals surface area contributed by atoms with Crippen LogP contribution in [-0.2, 0) is 0 Å². The number of halogens is 1. The maximum absolute atomic E-state index is 6.11. The van der Waals surface area contributed by atoms with Crippen molar-refractivity contribution in [2.45, 2.75) is 40.8 Å². The molecule has 3 heterocycles. The van der Waals surface area contributed by atoms with Crippen LogP contribution in [0, 0.1) is 34.6 Å². The molecule has 0 saturated carbocycles. The average molecular weight is 417 g/mol. The molecule has 2 aromatic heterocycles. The number of nitrogens with one attached hydrogen (secondary N) is 1. The van der Waals surface area contributed by atoms with E-state index in [1.807, 2.05) is 12.1 Å². The van der Waals surface area contributed by atoms with Gasteiger partial charge in [0.2, 0.25) is 0 Å². The quantitative estimate of drug-likeness (QED) is 0.404. The molecule has 1 N–H and O–H groups in total. The molecule has 152 valence electrons. The van der Waals surface area contributed by atoms with Gasteiger partial charge in [-0.1, -0.05) is 23.2 Å². The Labute approximate surface area is 182 Å². The van der Waals surface area contributed by atoms with Crippen molar-refractivity contribution in [2.24, 2.45) is 0 Å². The van der Waals surface area contributed by atoms with Gasteiger partial charge in [-0.05, 0) is 82.6 Å². The van der Waals surface area contributed by atoms with Gasteiger partial charge in [-0.15, -0.1) is 0 Å². The number of nitrogens with zero attached hydrogens (tertiary/aromatic N) is 3. The Kier molecular flexibility index (Phi) is 4.30. The summed E-state index contributed by atoms with van der Waals surface area (Å²) in [5.41, 5.74) is 11.8. The lowest BCUT2D eigenvalue weighted by Gasteiger charge is -2.31. The number of fused-ring (bicyclic) bond motifs is 3. The predicted molar refractivity (Wildman–Crippen MR) is 124 cm³/mol. The van der Waals surface area contributed by atoms with Gasteiger partial charge in [-0.25, -0.2) is 4.68 Å². The van der Waals surface area contributed by atoms with Crippen molar-refractivity contribution in [3.8, 4) is 16.9 Å². The molecule has 1 atom stereocenters. The minimum Gasteiger partial charge on any atom is -0.359 e. The fourth-order valence-corrected chi connectivity index (χ4v) is 4.86. The van der Waals surface area contributed by atoms with Gasteiger partial charge in [-0.3, -0.25) is 0 Å². The second kappa shape index (κ2) is 6.78. The zero-order valence-electron chi connectivity index (χ0n) is 17.9. The van der Waals surface area contributed by atoms with Gasteiger partial charge in [0.05, 0.1) is 11.4 Å². The number of benzene rings is 2. The van der Waals surface area contributed by atoms with Crippen molar-refractivity contribution in [3.05, 3.63) is 87.3 Å². The van der Waals surface area contributed by atoms with Gasteiger partial charge in [0.15, 0.2) is 0 Å². The molecule has 1 aliphatic rings. The van der Waals surface area contributed by atoms with E-state index in [9.17, 15) is 0 Å². The zero-order valence-corrected chi connectivity index (χ0v) is 18.7. The van der Waals surface area contributed by atoms with E-state index in [2.05, 4.69) is 85.6 Å². The van der Waals surface area contributed by atoms with Crippen LogP contribution in [0.3, 0.4) is 0 Å². The molecule has 0 radical (unpaired) electrons. The van der Waals surface area contributed by atoms with Gasteiger partial charge >= 0.3 is 0 Å². The van der Waals surface area contributed by atoms with Gasteiger partial charge in [0.25, 0.3) is 0 Å². The lowest BCUT2D eigenvalue weighted by molar-refractivity contribution is 0.567. The first kappa shape index (κ1) is 19.0. The summed E-state index contributed by atoms with van der Waals surface area (Å²) in [4.78, 5) is 0.